The van der Waals surface area contributed by atoms with Crippen molar-refractivity contribution in [1.82, 2.24) is 31.1 Å². The molecule has 5 aliphatic rings. The van der Waals surface area contributed by atoms with Gasteiger partial charge in [-0.2, -0.15) is 0 Å². The Morgan fingerprint density at radius 3 is 1.70 bits per heavy atom. The molecule has 7 rings (SSSR count). The summed E-state index contributed by atoms with van der Waals surface area (Å²) in [5, 5.41) is 194. The summed E-state index contributed by atoms with van der Waals surface area (Å²) in [6.45, 7) is 0.133. The molecule has 0 aliphatic carbocycles. The number of ether oxygens (including phenoxy) is 10. The molecule has 105 heavy (non-hydrogen) atoms. The second-order valence-electron chi connectivity index (χ2n) is 27.7. The molecule has 14 unspecified atom stereocenters. The van der Waals surface area contributed by atoms with Crippen LogP contribution in [0, 0.1) is 6.92 Å². The van der Waals surface area contributed by atoms with Gasteiger partial charge in [0.25, 0.3) is 0 Å². The number of carbonyl (C=O) groups excluding carboxylic acids is 4. The van der Waals surface area contributed by atoms with Gasteiger partial charge in [0.2, 0.25) is 23.5 Å². The number of hydrogen-bond acceptors (Lipinski definition) is 32. The second kappa shape index (κ2) is 42.9. The zero-order valence-corrected chi connectivity index (χ0v) is 59.7. The Kier molecular flexibility index (Phi) is 35.7. The van der Waals surface area contributed by atoms with Gasteiger partial charge in [0.05, 0.1) is 63.9 Å². The third-order valence-corrected chi connectivity index (χ3v) is 19.4. The van der Waals surface area contributed by atoms with Crippen LogP contribution in [-0.4, -0.2) is 332 Å². The van der Waals surface area contributed by atoms with E-state index in [1.54, 1.807) is 0 Å². The number of hydrogen-bond donors (Lipinski definition) is 20. The van der Waals surface area contributed by atoms with E-state index in [0.29, 0.717) is 12.2 Å². The first-order valence-electron chi connectivity index (χ1n) is 36.3. The van der Waals surface area contributed by atoms with Crippen molar-refractivity contribution >= 4 is 30.1 Å². The van der Waals surface area contributed by atoms with Gasteiger partial charge in [-0.15, -0.1) is 10.2 Å². The molecular formula is C69H112N6O30. The van der Waals surface area contributed by atoms with Gasteiger partial charge in [0.15, 0.2) is 43.1 Å². The molecule has 0 radical (unpaired) electrons. The number of aryl methyl sites for hydroxylation is 1. The SMILES string of the molecule is CCCCCCCCCCCCCCCCCC(=O)N[C@@H](CO[C@@H]1OC(CO)[C@@H](O[C@@H]2OC(CO)[C@H](O[C@@H]3OC(CO)[C@H](O)C(O[C@@H]4OC(CO)[C@H](O)C(O)C4O)C3NC(C)=O)C(O[C@]3(C=O)CC(O)[C@@H](NC(C)=O)C([C@H](O)[C@H](O)CO)O3)C2O)C(O)C1O)[C@H](O)/C=C/c1nnc(-c2ccc(C)cc2)[nH]1. The van der Waals surface area contributed by atoms with Gasteiger partial charge in [-0.05, 0) is 19.4 Å². The average Bonchev–Trinajstić information content (AvgIpc) is 1.06. The minimum absolute atomic E-state index is 0.0728. The molecule has 28 atom stereocenters. The molecule has 2 aromatic rings. The number of rotatable bonds is 42. The topological polar surface area (TPSA) is 562 Å². The lowest BCUT2D eigenvalue weighted by Gasteiger charge is -2.52. The van der Waals surface area contributed by atoms with Crippen LogP contribution in [-0.2, 0) is 66.5 Å². The zero-order valence-electron chi connectivity index (χ0n) is 59.7. The predicted molar refractivity (Wildman–Crippen MR) is 362 cm³/mol. The van der Waals surface area contributed by atoms with Crippen molar-refractivity contribution in [2.24, 2.45) is 0 Å². The van der Waals surface area contributed by atoms with Crippen LogP contribution in [0.15, 0.2) is 30.3 Å². The highest BCUT2D eigenvalue weighted by Crippen LogP contribution is 2.40. The third-order valence-electron chi connectivity index (χ3n) is 19.4. The van der Waals surface area contributed by atoms with Crippen molar-refractivity contribution in [2.75, 3.05) is 39.6 Å². The number of aromatic nitrogens is 3. The van der Waals surface area contributed by atoms with Crippen LogP contribution in [0.3, 0.4) is 0 Å². The first-order chi connectivity index (χ1) is 50.3. The average molecular weight is 1510 g/mol. The Morgan fingerprint density at radius 2 is 1.11 bits per heavy atom. The van der Waals surface area contributed by atoms with E-state index < -0.39 is 235 Å². The minimum atomic E-state index is -2.96. The number of nitrogens with zero attached hydrogens (tertiary/aromatic N) is 2. The van der Waals surface area contributed by atoms with E-state index in [2.05, 4.69) is 38.1 Å². The maximum atomic E-state index is 13.6. The van der Waals surface area contributed by atoms with Crippen molar-refractivity contribution in [3.05, 3.63) is 41.7 Å². The van der Waals surface area contributed by atoms with Gasteiger partial charge in [-0.25, -0.2) is 0 Å². The van der Waals surface area contributed by atoms with Crippen LogP contribution in [0.5, 0.6) is 0 Å². The highest BCUT2D eigenvalue weighted by Gasteiger charge is 2.60. The van der Waals surface area contributed by atoms with Crippen LogP contribution in [0.2, 0.25) is 0 Å². The van der Waals surface area contributed by atoms with Crippen molar-refractivity contribution < 1.29 is 148 Å². The number of aliphatic hydroxyl groups is 16. The van der Waals surface area contributed by atoms with Crippen molar-refractivity contribution in [3.8, 4) is 11.4 Å². The number of unbranched alkanes of at least 4 members (excludes halogenated alkanes) is 14. The fourth-order valence-corrected chi connectivity index (χ4v) is 13.5. The van der Waals surface area contributed by atoms with Crippen LogP contribution in [0.1, 0.15) is 141 Å². The molecule has 36 heteroatoms. The number of H-pyrrole nitrogens is 1. The van der Waals surface area contributed by atoms with Gasteiger partial charge >= 0.3 is 0 Å². The number of nitrogens with one attached hydrogen (secondary N) is 4. The van der Waals surface area contributed by atoms with E-state index in [-0.39, 0.29) is 18.5 Å². The van der Waals surface area contributed by atoms with E-state index in [1.165, 1.54) is 69.9 Å². The van der Waals surface area contributed by atoms with Crippen molar-refractivity contribution in [3.63, 3.8) is 0 Å². The molecule has 5 fully saturated rings. The number of aliphatic hydroxyl groups excluding tert-OH is 16. The summed E-state index contributed by atoms with van der Waals surface area (Å²) >= 11 is 0. The predicted octanol–water partition coefficient (Wildman–Crippen LogP) is -4.38. The summed E-state index contributed by atoms with van der Waals surface area (Å²) in [5.74, 6) is -4.45. The Bertz CT molecular complexity index is 2930. The van der Waals surface area contributed by atoms with Gasteiger partial charge < -0.3 is 150 Å². The molecule has 5 aliphatic heterocycles. The largest absolute Gasteiger partial charge is 0.394 e. The summed E-state index contributed by atoms with van der Waals surface area (Å²) < 4.78 is 60.4. The molecule has 0 spiro atoms. The molecule has 6 heterocycles. The number of aldehydes is 1. The standard InChI is InChI=1S/C69H112N6O30/c1-5-6-7-8-9-10-11-12-13-14-15-16-17-18-19-20-48(87)72-39(40(84)25-26-47-73-64(75-74-47)38-23-21-35(2)22-24-38)33-96-66-57(94)55(92)59(45(31-79)99-66)101-68-58(95)63(105-69(34-81)27-41(85)49(70-36(3)82)62(104-69)51(88)42(86)28-76)60(46(32-80)100-68)102-65-50(71-37(4)83)61(53(90)44(30-78)97-65)103-67-56(93)54(91)52(89)43(29-77)98-67/h21-26,34,39-46,49-63,65-68,76-80,84-86,88-95H,5-20,27-33H2,1-4H3,(H,70,82)(H,71,83)(H,72,87)(H,73,74,75)/b26-25+/t39-,40+,41?,42+,43?,44?,45?,46?,49+,50?,51+,52-,53-,54?,55?,56?,57?,58?,59+,60-,61?,62?,63?,65-,66+,67-,68-,69-/m0/s1. The molecule has 1 aromatic carbocycles. The van der Waals surface area contributed by atoms with Crippen LogP contribution in [0.25, 0.3) is 17.5 Å². The Hall–Kier alpha value is -4.86. The molecule has 36 nitrogen and oxygen atoms in total. The van der Waals surface area contributed by atoms with E-state index in [0.717, 1.165) is 57.1 Å². The number of benzene rings is 1. The summed E-state index contributed by atoms with van der Waals surface area (Å²) in [5.41, 5.74) is 1.76. The molecule has 20 N–H and O–H groups in total. The highest BCUT2D eigenvalue weighted by molar-refractivity contribution is 5.76. The number of aromatic amines is 1. The van der Waals surface area contributed by atoms with Crippen LogP contribution in [0.4, 0.5) is 0 Å². The third kappa shape index (κ3) is 24.1. The van der Waals surface area contributed by atoms with E-state index in [4.69, 9.17) is 47.4 Å². The van der Waals surface area contributed by atoms with Gasteiger partial charge in [-0.1, -0.05) is 133 Å². The maximum absolute atomic E-state index is 13.6. The Labute approximate surface area is 608 Å². The first kappa shape index (κ1) is 87.4. The molecule has 598 valence electrons. The zero-order chi connectivity index (χ0) is 76.7. The molecule has 3 amide bonds. The van der Waals surface area contributed by atoms with Gasteiger partial charge in [0, 0.05) is 32.3 Å². The first-order valence-corrected chi connectivity index (χ1v) is 36.3. The fraction of sp³-hybridized carbons (Fsp3) is 0.797. The number of amides is 3. The lowest BCUT2D eigenvalue weighted by atomic mass is 9.88. The minimum Gasteiger partial charge on any atom is -0.394 e. The highest BCUT2D eigenvalue weighted by atomic mass is 16.8. The molecule has 1 aromatic heterocycles. The normalized spacial score (nSPS) is 35.0. The summed E-state index contributed by atoms with van der Waals surface area (Å²) in [7, 11) is 0. The van der Waals surface area contributed by atoms with E-state index in [9.17, 15) is 101 Å². The summed E-state index contributed by atoms with van der Waals surface area (Å²) in [4.78, 5) is 55.9. The quantitative estimate of drug-likeness (QED) is 0.0221. The van der Waals surface area contributed by atoms with Crippen LogP contribution < -0.4 is 16.0 Å². The molecular weight excluding hydrogens is 1390 g/mol. The Balaban J connectivity index is 1.12. The monoisotopic (exact) mass is 1500 g/mol. The van der Waals surface area contributed by atoms with Crippen molar-refractivity contribution in [1.29, 1.82) is 0 Å². The maximum Gasteiger partial charge on any atom is 0.229 e. The molecule has 0 bridgehead atoms. The summed E-state index contributed by atoms with van der Waals surface area (Å²) in [6.07, 6.45) is -29.9. The van der Waals surface area contributed by atoms with E-state index in [1.807, 2.05) is 31.2 Å². The molecule has 0 saturated carbocycles. The molecule has 5 saturated heterocycles. The second-order valence-corrected chi connectivity index (χ2v) is 27.7. The van der Waals surface area contributed by atoms with Crippen molar-refractivity contribution in [2.45, 2.75) is 308 Å². The number of carbonyl (C=O) groups is 4. The van der Waals surface area contributed by atoms with Gasteiger partial charge in [-0.3, -0.25) is 19.2 Å². The van der Waals surface area contributed by atoms with Gasteiger partial charge in [0.1, 0.15) is 116 Å². The lowest BCUT2D eigenvalue weighted by Crippen LogP contribution is -2.71. The summed E-state index contributed by atoms with van der Waals surface area (Å²) in [6, 6.07) is 2.70. The Morgan fingerprint density at radius 1 is 0.600 bits per heavy atom. The van der Waals surface area contributed by atoms with Crippen LogP contribution >= 0.6 is 0 Å². The van der Waals surface area contributed by atoms with E-state index >= 15 is 0 Å². The fourth-order valence-electron chi connectivity index (χ4n) is 13.5. The smallest absolute Gasteiger partial charge is 0.229 e. The lowest BCUT2D eigenvalue weighted by molar-refractivity contribution is -0.400.